The highest BCUT2D eigenvalue weighted by Gasteiger charge is 2.40. The third kappa shape index (κ3) is 4.59. The van der Waals surface area contributed by atoms with Crippen LogP contribution in [-0.2, 0) is 0 Å². The average Bonchev–Trinajstić information content (AvgIpc) is 2.77. The van der Waals surface area contributed by atoms with Gasteiger partial charge in [-0.15, -0.1) is 0 Å². The van der Waals surface area contributed by atoms with Crippen LogP contribution in [0.1, 0.15) is 74.8 Å². The lowest BCUT2D eigenvalue weighted by Gasteiger charge is -2.44. The Balaban J connectivity index is 1.49. The molecule has 2 aromatic carbocycles. The summed E-state index contributed by atoms with van der Waals surface area (Å²) in [6.45, 7) is 2.34. The zero-order valence-electron chi connectivity index (χ0n) is 17.7. The van der Waals surface area contributed by atoms with Gasteiger partial charge in [-0.25, -0.2) is 0 Å². The molecule has 2 saturated carbocycles. The minimum atomic E-state index is -0.212. The van der Waals surface area contributed by atoms with Crippen molar-refractivity contribution in [1.82, 2.24) is 0 Å². The van der Waals surface area contributed by atoms with Crippen LogP contribution in [0.3, 0.4) is 0 Å². The van der Waals surface area contributed by atoms with Gasteiger partial charge in [-0.05, 0) is 67.4 Å². The molecule has 0 bridgehead atoms. The van der Waals surface area contributed by atoms with E-state index in [4.69, 9.17) is 0 Å². The van der Waals surface area contributed by atoms with Crippen molar-refractivity contribution in [2.75, 3.05) is 0 Å². The molecule has 156 valence electrons. The fourth-order valence-electron chi connectivity index (χ4n) is 6.32. The minimum Gasteiger partial charge on any atom is -0.392 e. The van der Waals surface area contributed by atoms with Gasteiger partial charge >= 0.3 is 0 Å². The summed E-state index contributed by atoms with van der Waals surface area (Å²) in [6, 6.07) is 21.2. The van der Waals surface area contributed by atoms with Gasteiger partial charge in [0.1, 0.15) is 0 Å². The predicted octanol–water partition coefficient (Wildman–Crippen LogP) is 5.90. The van der Waals surface area contributed by atoms with Gasteiger partial charge < -0.3 is 10.2 Å². The monoisotopic (exact) mass is 392 g/mol. The summed E-state index contributed by atoms with van der Waals surface area (Å²) < 4.78 is 0. The van der Waals surface area contributed by atoms with Gasteiger partial charge in [-0.3, -0.25) is 0 Å². The van der Waals surface area contributed by atoms with E-state index >= 15 is 0 Å². The maximum absolute atomic E-state index is 10.7. The molecule has 2 aromatic rings. The lowest BCUT2D eigenvalue weighted by atomic mass is 9.63. The lowest BCUT2D eigenvalue weighted by molar-refractivity contribution is 0.0243. The van der Waals surface area contributed by atoms with Crippen molar-refractivity contribution in [2.24, 2.45) is 17.8 Å². The third-order valence-corrected chi connectivity index (χ3v) is 7.85. The molecule has 4 rings (SSSR count). The standard InChI is InChI=1S/C27H36O2/c1-2-23(21-13-15-26(28)24(17-21)19-9-5-3-6-10-19)22-14-16-27(29)25(18-22)20-11-7-4-8-12-20/h3-12,21-29H,2,13-18H2,1H3. The van der Waals surface area contributed by atoms with E-state index < -0.39 is 0 Å². The van der Waals surface area contributed by atoms with Gasteiger partial charge in [0.2, 0.25) is 0 Å². The first-order chi connectivity index (χ1) is 14.2. The van der Waals surface area contributed by atoms with E-state index in [1.807, 2.05) is 0 Å². The van der Waals surface area contributed by atoms with Crippen molar-refractivity contribution in [3.05, 3.63) is 71.8 Å². The number of benzene rings is 2. The molecular weight excluding hydrogens is 356 g/mol. The summed E-state index contributed by atoms with van der Waals surface area (Å²) in [6.07, 6.45) is 7.07. The zero-order chi connectivity index (χ0) is 20.2. The van der Waals surface area contributed by atoms with E-state index in [1.54, 1.807) is 0 Å². The fourth-order valence-corrected chi connectivity index (χ4v) is 6.32. The van der Waals surface area contributed by atoms with Crippen molar-refractivity contribution in [3.63, 3.8) is 0 Å². The summed E-state index contributed by atoms with van der Waals surface area (Å²) in [5.74, 6) is 2.56. The second kappa shape index (κ2) is 9.45. The van der Waals surface area contributed by atoms with Crippen LogP contribution in [0.2, 0.25) is 0 Å². The Labute approximate surface area is 176 Å². The Morgan fingerprint density at radius 1 is 0.690 bits per heavy atom. The smallest absolute Gasteiger partial charge is 0.0608 e. The van der Waals surface area contributed by atoms with E-state index in [0.29, 0.717) is 17.8 Å². The van der Waals surface area contributed by atoms with E-state index in [9.17, 15) is 10.2 Å². The molecule has 0 spiro atoms. The first kappa shape index (κ1) is 20.6. The molecule has 2 N–H and O–H groups in total. The van der Waals surface area contributed by atoms with Crippen LogP contribution in [0.4, 0.5) is 0 Å². The molecule has 2 nitrogen and oxygen atoms in total. The topological polar surface area (TPSA) is 40.5 Å². The first-order valence-corrected chi connectivity index (χ1v) is 11.6. The Morgan fingerprint density at radius 3 is 1.48 bits per heavy atom. The van der Waals surface area contributed by atoms with E-state index in [0.717, 1.165) is 38.5 Å². The molecule has 2 heteroatoms. The van der Waals surface area contributed by atoms with Gasteiger partial charge in [-0.2, -0.15) is 0 Å². The lowest BCUT2D eigenvalue weighted by Crippen LogP contribution is -2.37. The van der Waals surface area contributed by atoms with E-state index in [1.165, 1.54) is 17.5 Å². The Morgan fingerprint density at radius 2 is 1.10 bits per heavy atom. The summed E-state index contributed by atoms with van der Waals surface area (Å²) in [5, 5.41) is 21.4. The van der Waals surface area contributed by atoms with Gasteiger partial charge in [0.05, 0.1) is 12.2 Å². The molecule has 2 fully saturated rings. The van der Waals surface area contributed by atoms with E-state index in [2.05, 4.69) is 67.6 Å². The number of rotatable bonds is 5. The van der Waals surface area contributed by atoms with Crippen LogP contribution in [0.15, 0.2) is 60.7 Å². The normalized spacial score (nSPS) is 33.9. The highest BCUT2D eigenvalue weighted by Crippen LogP contribution is 2.48. The van der Waals surface area contributed by atoms with Gasteiger partial charge in [-0.1, -0.05) is 74.0 Å². The van der Waals surface area contributed by atoms with Crippen LogP contribution >= 0.6 is 0 Å². The van der Waals surface area contributed by atoms with Crippen molar-refractivity contribution >= 4 is 0 Å². The summed E-state index contributed by atoms with van der Waals surface area (Å²) in [7, 11) is 0. The van der Waals surface area contributed by atoms with Crippen LogP contribution in [0.5, 0.6) is 0 Å². The fraction of sp³-hybridized carbons (Fsp3) is 0.556. The van der Waals surface area contributed by atoms with Gasteiger partial charge in [0.15, 0.2) is 0 Å². The summed E-state index contributed by atoms with van der Waals surface area (Å²) >= 11 is 0. The minimum absolute atomic E-state index is 0.212. The molecule has 6 unspecified atom stereocenters. The quantitative estimate of drug-likeness (QED) is 0.665. The van der Waals surface area contributed by atoms with Crippen LogP contribution in [0, 0.1) is 17.8 Å². The Bertz CT molecular complexity index is 680. The van der Waals surface area contributed by atoms with E-state index in [-0.39, 0.29) is 24.0 Å². The first-order valence-electron chi connectivity index (χ1n) is 11.6. The molecule has 6 atom stereocenters. The van der Waals surface area contributed by atoms with Gasteiger partial charge in [0, 0.05) is 11.8 Å². The Hall–Kier alpha value is -1.64. The maximum Gasteiger partial charge on any atom is 0.0608 e. The molecule has 0 aliphatic heterocycles. The molecular formula is C27H36O2. The SMILES string of the molecule is CCC(C1CCC(O)C(c2ccccc2)C1)C1CCC(O)C(c2ccccc2)C1. The molecule has 29 heavy (non-hydrogen) atoms. The second-order valence-corrected chi connectivity index (χ2v) is 9.39. The second-order valence-electron chi connectivity index (χ2n) is 9.39. The largest absolute Gasteiger partial charge is 0.392 e. The summed E-state index contributed by atoms with van der Waals surface area (Å²) in [4.78, 5) is 0. The van der Waals surface area contributed by atoms with Gasteiger partial charge in [0.25, 0.3) is 0 Å². The molecule has 0 heterocycles. The van der Waals surface area contributed by atoms with Crippen molar-refractivity contribution in [1.29, 1.82) is 0 Å². The highest BCUT2D eigenvalue weighted by molar-refractivity contribution is 5.23. The molecule has 2 aliphatic carbocycles. The Kier molecular flexibility index (Phi) is 6.72. The molecule has 0 amide bonds. The zero-order valence-corrected chi connectivity index (χ0v) is 17.7. The molecule has 0 saturated heterocycles. The number of aliphatic hydroxyl groups is 2. The van der Waals surface area contributed by atoms with Crippen molar-refractivity contribution in [2.45, 2.75) is 75.9 Å². The summed E-state index contributed by atoms with van der Waals surface area (Å²) in [5.41, 5.74) is 2.58. The molecule has 0 radical (unpaired) electrons. The van der Waals surface area contributed by atoms with Crippen molar-refractivity contribution < 1.29 is 10.2 Å². The third-order valence-electron chi connectivity index (χ3n) is 7.85. The van der Waals surface area contributed by atoms with Crippen LogP contribution < -0.4 is 0 Å². The molecule has 0 aromatic heterocycles. The number of aliphatic hydroxyl groups excluding tert-OH is 2. The van der Waals surface area contributed by atoms with Crippen LogP contribution in [0.25, 0.3) is 0 Å². The number of hydrogen-bond acceptors (Lipinski definition) is 2. The van der Waals surface area contributed by atoms with Crippen LogP contribution in [-0.4, -0.2) is 22.4 Å². The number of hydrogen-bond donors (Lipinski definition) is 2. The highest BCUT2D eigenvalue weighted by atomic mass is 16.3. The maximum atomic E-state index is 10.7. The predicted molar refractivity (Wildman–Crippen MR) is 119 cm³/mol. The molecule has 2 aliphatic rings. The average molecular weight is 393 g/mol. The van der Waals surface area contributed by atoms with Crippen molar-refractivity contribution in [3.8, 4) is 0 Å².